The van der Waals surface area contributed by atoms with Crippen LogP contribution in [-0.2, 0) is 4.79 Å². The molecule has 0 saturated heterocycles. The van der Waals surface area contributed by atoms with E-state index in [1.54, 1.807) is 18.2 Å². The molecule has 0 aromatic carbocycles. The fourth-order valence-electron chi connectivity index (χ4n) is 1.23. The van der Waals surface area contributed by atoms with Gasteiger partial charge in [-0.3, -0.25) is 4.79 Å². The number of hydrogen-bond donors (Lipinski definition) is 1. The Labute approximate surface area is 116 Å². The Morgan fingerprint density at radius 1 is 1.00 bits per heavy atom. The van der Waals surface area contributed by atoms with Gasteiger partial charge in [-0.1, -0.05) is 67.7 Å². The van der Waals surface area contributed by atoms with Crippen LogP contribution in [0.25, 0.3) is 0 Å². The van der Waals surface area contributed by atoms with Gasteiger partial charge >= 0.3 is 0 Å². The number of nitrogens with two attached hydrogens (primary N) is 1. The smallest absolute Gasteiger partial charge is 0.248 e. The molecule has 0 radical (unpaired) electrons. The van der Waals surface area contributed by atoms with E-state index in [1.165, 1.54) is 0 Å². The van der Waals surface area contributed by atoms with Crippen molar-refractivity contribution in [2.75, 3.05) is 0 Å². The van der Waals surface area contributed by atoms with Crippen LogP contribution in [0.5, 0.6) is 0 Å². The van der Waals surface area contributed by atoms with Gasteiger partial charge in [0.15, 0.2) is 0 Å². The molecule has 0 heterocycles. The van der Waals surface area contributed by atoms with Crippen LogP contribution in [-0.4, -0.2) is 5.91 Å². The van der Waals surface area contributed by atoms with Crippen LogP contribution in [0.15, 0.2) is 72.4 Å². The largest absolute Gasteiger partial charge is 0.366 e. The number of primary amides is 1. The molecule has 2 heteroatoms. The van der Waals surface area contributed by atoms with Crippen molar-refractivity contribution in [1.29, 1.82) is 0 Å². The number of amides is 1. The summed E-state index contributed by atoms with van der Waals surface area (Å²) in [6.45, 7) is 3.95. The molecular weight excluding hydrogens is 234 g/mol. The van der Waals surface area contributed by atoms with Crippen molar-refractivity contribution < 1.29 is 4.79 Å². The number of carbonyl (C=O) groups is 1. The number of allylic oxidation sites excluding steroid dienone is 10. The van der Waals surface area contributed by atoms with E-state index in [1.807, 2.05) is 49.5 Å². The molecule has 0 aliphatic heterocycles. The lowest BCUT2D eigenvalue weighted by atomic mass is 10.2. The van der Waals surface area contributed by atoms with Gasteiger partial charge in [0.1, 0.15) is 0 Å². The SMILES string of the molecule is C/C=C/C(=C/C=C/C/C=C/C=C/C=C/CC)C(N)=O. The second-order valence-corrected chi connectivity index (χ2v) is 3.80. The fourth-order valence-corrected chi connectivity index (χ4v) is 1.23. The first-order chi connectivity index (χ1) is 9.22. The van der Waals surface area contributed by atoms with Crippen molar-refractivity contribution >= 4 is 5.91 Å². The summed E-state index contributed by atoms with van der Waals surface area (Å²) in [5.41, 5.74) is 5.73. The molecule has 0 saturated carbocycles. The first-order valence-corrected chi connectivity index (χ1v) is 6.50. The zero-order chi connectivity index (χ0) is 14.3. The molecule has 0 unspecified atom stereocenters. The van der Waals surface area contributed by atoms with Gasteiger partial charge in [-0.2, -0.15) is 0 Å². The highest BCUT2D eigenvalue weighted by atomic mass is 16.1. The van der Waals surface area contributed by atoms with Crippen LogP contribution >= 0.6 is 0 Å². The second kappa shape index (κ2) is 12.4. The van der Waals surface area contributed by atoms with E-state index in [0.717, 1.165) is 12.8 Å². The van der Waals surface area contributed by atoms with Gasteiger partial charge < -0.3 is 5.73 Å². The zero-order valence-electron chi connectivity index (χ0n) is 11.8. The zero-order valence-corrected chi connectivity index (χ0v) is 11.8. The predicted octanol–water partition coefficient (Wildman–Crippen LogP) is 4.00. The summed E-state index contributed by atoms with van der Waals surface area (Å²) in [7, 11) is 0. The molecular formula is C17H23NO. The average Bonchev–Trinajstić information content (AvgIpc) is 2.39. The molecule has 0 rings (SSSR count). The highest BCUT2D eigenvalue weighted by Gasteiger charge is 1.96. The summed E-state index contributed by atoms with van der Waals surface area (Å²) < 4.78 is 0. The standard InChI is InChI=1S/C17H23NO/c1-3-5-6-7-8-9-10-11-12-13-15-16(14-4-2)17(18)19/h4-10,12-15H,3,11H2,1-2H3,(H2,18,19)/b6-5+,8-7+,10-9+,13-12+,14-4+,16-15-. The third-order valence-corrected chi connectivity index (χ3v) is 2.16. The summed E-state index contributed by atoms with van der Waals surface area (Å²) >= 11 is 0. The Morgan fingerprint density at radius 3 is 2.21 bits per heavy atom. The van der Waals surface area contributed by atoms with Crippen molar-refractivity contribution in [2.45, 2.75) is 26.7 Å². The van der Waals surface area contributed by atoms with Crippen molar-refractivity contribution in [3.8, 4) is 0 Å². The first kappa shape index (κ1) is 16.9. The van der Waals surface area contributed by atoms with Crippen molar-refractivity contribution in [3.05, 3.63) is 72.4 Å². The third-order valence-electron chi connectivity index (χ3n) is 2.16. The molecule has 0 aromatic heterocycles. The molecule has 0 bridgehead atoms. The maximum atomic E-state index is 11.0. The topological polar surface area (TPSA) is 43.1 Å². The van der Waals surface area contributed by atoms with E-state index >= 15 is 0 Å². The van der Waals surface area contributed by atoms with Gasteiger partial charge in [0.2, 0.25) is 5.91 Å². The minimum absolute atomic E-state index is 0.413. The fraction of sp³-hybridized carbons (Fsp3) is 0.235. The van der Waals surface area contributed by atoms with Gasteiger partial charge in [0.05, 0.1) is 0 Å². The maximum absolute atomic E-state index is 11.0. The van der Waals surface area contributed by atoms with E-state index in [2.05, 4.69) is 13.0 Å². The van der Waals surface area contributed by atoms with Gasteiger partial charge in [0, 0.05) is 5.57 Å². The van der Waals surface area contributed by atoms with E-state index in [0.29, 0.717) is 5.57 Å². The van der Waals surface area contributed by atoms with Gasteiger partial charge in [0.25, 0.3) is 0 Å². The van der Waals surface area contributed by atoms with Gasteiger partial charge in [-0.05, 0) is 25.8 Å². The Bertz CT molecular complexity index is 421. The van der Waals surface area contributed by atoms with Crippen LogP contribution in [0.2, 0.25) is 0 Å². The Hall–Kier alpha value is -2.09. The molecule has 0 atom stereocenters. The van der Waals surface area contributed by atoms with Crippen LogP contribution in [0, 0.1) is 0 Å². The van der Waals surface area contributed by atoms with E-state index in [4.69, 9.17) is 5.73 Å². The number of hydrogen-bond acceptors (Lipinski definition) is 1. The molecule has 1 amide bonds. The summed E-state index contributed by atoms with van der Waals surface area (Å²) in [4.78, 5) is 11.0. The number of rotatable bonds is 8. The van der Waals surface area contributed by atoms with Crippen molar-refractivity contribution in [2.24, 2.45) is 5.73 Å². The van der Waals surface area contributed by atoms with Crippen molar-refractivity contribution in [1.82, 2.24) is 0 Å². The van der Waals surface area contributed by atoms with E-state index in [-0.39, 0.29) is 0 Å². The third kappa shape index (κ3) is 10.8. The molecule has 2 nitrogen and oxygen atoms in total. The minimum Gasteiger partial charge on any atom is -0.366 e. The van der Waals surface area contributed by atoms with Crippen LogP contribution in [0.1, 0.15) is 26.7 Å². The summed E-state index contributed by atoms with van der Waals surface area (Å²) in [6.07, 6.45) is 23.0. The monoisotopic (exact) mass is 257 g/mol. The highest BCUT2D eigenvalue weighted by molar-refractivity contribution is 5.95. The maximum Gasteiger partial charge on any atom is 0.248 e. The van der Waals surface area contributed by atoms with Crippen LogP contribution in [0.4, 0.5) is 0 Å². The minimum atomic E-state index is -0.413. The predicted molar refractivity (Wildman–Crippen MR) is 83.6 cm³/mol. The van der Waals surface area contributed by atoms with Gasteiger partial charge in [-0.25, -0.2) is 0 Å². The Morgan fingerprint density at radius 2 is 1.63 bits per heavy atom. The highest BCUT2D eigenvalue weighted by Crippen LogP contribution is 1.97. The summed E-state index contributed by atoms with van der Waals surface area (Å²) in [5.74, 6) is -0.413. The molecule has 0 aromatic rings. The Kier molecular flexibility index (Phi) is 11.0. The molecule has 2 N–H and O–H groups in total. The lowest BCUT2D eigenvalue weighted by Crippen LogP contribution is -2.12. The molecule has 19 heavy (non-hydrogen) atoms. The number of carbonyl (C=O) groups excluding carboxylic acids is 1. The molecule has 0 aliphatic rings. The Balaban J connectivity index is 4.12. The van der Waals surface area contributed by atoms with Crippen LogP contribution in [0.3, 0.4) is 0 Å². The normalized spacial score (nSPS) is 13.9. The average molecular weight is 257 g/mol. The van der Waals surface area contributed by atoms with E-state index in [9.17, 15) is 4.79 Å². The molecule has 0 spiro atoms. The summed E-state index contributed by atoms with van der Waals surface area (Å²) in [5, 5.41) is 0. The van der Waals surface area contributed by atoms with Crippen molar-refractivity contribution in [3.63, 3.8) is 0 Å². The molecule has 0 fully saturated rings. The van der Waals surface area contributed by atoms with Crippen LogP contribution < -0.4 is 5.73 Å². The second-order valence-electron chi connectivity index (χ2n) is 3.80. The molecule has 0 aliphatic carbocycles. The van der Waals surface area contributed by atoms with Gasteiger partial charge in [-0.15, -0.1) is 0 Å². The first-order valence-electron chi connectivity index (χ1n) is 6.50. The van der Waals surface area contributed by atoms with E-state index < -0.39 is 5.91 Å². The summed E-state index contributed by atoms with van der Waals surface area (Å²) in [6, 6.07) is 0. The molecule has 102 valence electrons. The lowest BCUT2D eigenvalue weighted by Gasteiger charge is -1.91. The quantitative estimate of drug-likeness (QED) is 0.518. The lowest BCUT2D eigenvalue weighted by molar-refractivity contribution is -0.114.